The lowest BCUT2D eigenvalue weighted by molar-refractivity contribution is -0.138. The van der Waals surface area contributed by atoms with E-state index in [0.717, 1.165) is 5.56 Å². The first-order valence-electron chi connectivity index (χ1n) is 5.13. The molecule has 2 N–H and O–H groups in total. The first-order valence-corrected chi connectivity index (χ1v) is 5.13. The van der Waals surface area contributed by atoms with Gasteiger partial charge in [-0.15, -0.1) is 0 Å². The van der Waals surface area contributed by atoms with Crippen LogP contribution >= 0.6 is 0 Å². The molecule has 0 spiro atoms. The minimum absolute atomic E-state index is 0.137. The van der Waals surface area contributed by atoms with Gasteiger partial charge in [-0.25, -0.2) is 4.79 Å². The Morgan fingerprint density at radius 3 is 2.25 bits per heavy atom. The van der Waals surface area contributed by atoms with Crippen LogP contribution in [0.25, 0.3) is 6.08 Å². The molecule has 0 saturated heterocycles. The van der Waals surface area contributed by atoms with Crippen LogP contribution in [0.4, 0.5) is 0 Å². The molecule has 0 aliphatic rings. The maximum Gasteiger partial charge on any atom is 0.349 e. The fourth-order valence-corrected chi connectivity index (χ4v) is 1.30. The minimum atomic E-state index is -0.556. The van der Waals surface area contributed by atoms with E-state index in [4.69, 9.17) is 5.90 Å². The van der Waals surface area contributed by atoms with E-state index in [1.807, 2.05) is 24.3 Å². The summed E-state index contributed by atoms with van der Waals surface area (Å²) in [6, 6.07) is 8.02. The summed E-state index contributed by atoms with van der Waals surface area (Å²) >= 11 is 0. The molecule has 0 radical (unpaired) electrons. The van der Waals surface area contributed by atoms with Gasteiger partial charge >= 0.3 is 5.97 Å². The molecule has 1 aromatic carbocycles. The van der Waals surface area contributed by atoms with Crippen molar-refractivity contribution in [2.24, 2.45) is 5.90 Å². The molecule has 0 aliphatic carbocycles. The minimum Gasteiger partial charge on any atom is -0.370 e. The second-order valence-corrected chi connectivity index (χ2v) is 4.64. The first-order chi connectivity index (χ1) is 7.43. The van der Waals surface area contributed by atoms with E-state index in [0.29, 0.717) is 0 Å². The van der Waals surface area contributed by atoms with E-state index < -0.39 is 5.97 Å². The highest BCUT2D eigenvalue weighted by Crippen LogP contribution is 2.22. The molecule has 0 unspecified atom stereocenters. The van der Waals surface area contributed by atoms with Crippen LogP contribution in [0.3, 0.4) is 0 Å². The Kier molecular flexibility index (Phi) is 3.85. The molecule has 0 bridgehead atoms. The fraction of sp³-hybridized carbons (Fsp3) is 0.308. The van der Waals surface area contributed by atoms with Gasteiger partial charge in [-0.05, 0) is 22.6 Å². The van der Waals surface area contributed by atoms with Crippen molar-refractivity contribution in [2.75, 3.05) is 0 Å². The highest BCUT2D eigenvalue weighted by atomic mass is 16.7. The van der Waals surface area contributed by atoms with Crippen molar-refractivity contribution in [1.29, 1.82) is 0 Å². The van der Waals surface area contributed by atoms with Crippen LogP contribution < -0.4 is 5.90 Å². The Morgan fingerprint density at radius 2 is 1.81 bits per heavy atom. The number of nitrogens with two attached hydrogens (primary N) is 1. The third-order valence-corrected chi connectivity index (χ3v) is 2.30. The number of hydrogen-bond acceptors (Lipinski definition) is 3. The van der Waals surface area contributed by atoms with Gasteiger partial charge in [0.25, 0.3) is 0 Å². The van der Waals surface area contributed by atoms with E-state index in [9.17, 15) is 4.79 Å². The molecule has 0 fully saturated rings. The van der Waals surface area contributed by atoms with Crippen molar-refractivity contribution >= 4 is 12.0 Å². The number of hydrogen-bond donors (Lipinski definition) is 1. The van der Waals surface area contributed by atoms with Gasteiger partial charge in [0.1, 0.15) is 0 Å². The lowest BCUT2D eigenvalue weighted by Gasteiger charge is -2.18. The molecule has 1 aromatic rings. The van der Waals surface area contributed by atoms with Crippen LogP contribution in [0, 0.1) is 0 Å². The zero-order valence-electron chi connectivity index (χ0n) is 9.86. The average Bonchev–Trinajstić information content (AvgIpc) is 2.25. The third kappa shape index (κ3) is 3.51. The Bertz CT molecular complexity index is 385. The van der Waals surface area contributed by atoms with E-state index in [2.05, 4.69) is 25.6 Å². The van der Waals surface area contributed by atoms with Crippen LogP contribution in [-0.4, -0.2) is 5.97 Å². The highest BCUT2D eigenvalue weighted by Gasteiger charge is 2.12. The lowest BCUT2D eigenvalue weighted by atomic mass is 9.87. The van der Waals surface area contributed by atoms with Gasteiger partial charge < -0.3 is 4.84 Å². The van der Waals surface area contributed by atoms with Crippen LogP contribution in [0.2, 0.25) is 0 Å². The topological polar surface area (TPSA) is 52.3 Å². The van der Waals surface area contributed by atoms with E-state index in [-0.39, 0.29) is 5.41 Å². The summed E-state index contributed by atoms with van der Waals surface area (Å²) in [6.07, 6.45) is 2.97. The number of carbonyl (C=O) groups is 1. The standard InChI is InChI=1S/C13H17NO2/c1-13(2,3)11-7-4-10(5-8-11)6-9-12(15)16-14/h4-9H,14H2,1-3H3. The molecule has 0 heterocycles. The maximum absolute atomic E-state index is 10.8. The largest absolute Gasteiger partial charge is 0.370 e. The summed E-state index contributed by atoms with van der Waals surface area (Å²) in [6.45, 7) is 6.47. The average molecular weight is 219 g/mol. The second-order valence-electron chi connectivity index (χ2n) is 4.64. The van der Waals surface area contributed by atoms with Crippen molar-refractivity contribution in [3.63, 3.8) is 0 Å². The van der Waals surface area contributed by atoms with Crippen molar-refractivity contribution < 1.29 is 9.63 Å². The Labute approximate surface area is 95.9 Å². The summed E-state index contributed by atoms with van der Waals surface area (Å²) in [5, 5.41) is 0. The Morgan fingerprint density at radius 1 is 1.25 bits per heavy atom. The predicted molar refractivity (Wildman–Crippen MR) is 64.5 cm³/mol. The fourth-order valence-electron chi connectivity index (χ4n) is 1.30. The molecule has 86 valence electrons. The van der Waals surface area contributed by atoms with E-state index in [1.165, 1.54) is 11.6 Å². The molecule has 16 heavy (non-hydrogen) atoms. The summed E-state index contributed by atoms with van der Waals surface area (Å²) < 4.78 is 0. The molecule has 0 aliphatic heterocycles. The van der Waals surface area contributed by atoms with Crippen LogP contribution in [-0.2, 0) is 15.0 Å². The third-order valence-electron chi connectivity index (χ3n) is 2.30. The van der Waals surface area contributed by atoms with Crippen LogP contribution in [0.15, 0.2) is 30.3 Å². The van der Waals surface area contributed by atoms with Gasteiger partial charge in [-0.1, -0.05) is 45.0 Å². The molecule has 0 atom stereocenters. The molecule has 0 amide bonds. The highest BCUT2D eigenvalue weighted by molar-refractivity contribution is 5.86. The number of carbonyl (C=O) groups excluding carboxylic acids is 1. The van der Waals surface area contributed by atoms with Crippen LogP contribution in [0.1, 0.15) is 31.9 Å². The maximum atomic E-state index is 10.8. The summed E-state index contributed by atoms with van der Waals surface area (Å²) in [5.74, 6) is 4.16. The normalized spacial score (nSPS) is 11.8. The van der Waals surface area contributed by atoms with Gasteiger partial charge in [0, 0.05) is 6.08 Å². The van der Waals surface area contributed by atoms with Gasteiger partial charge in [0.05, 0.1) is 0 Å². The van der Waals surface area contributed by atoms with Crippen molar-refractivity contribution in [1.82, 2.24) is 0 Å². The quantitative estimate of drug-likeness (QED) is 0.614. The Hall–Kier alpha value is -1.61. The zero-order valence-corrected chi connectivity index (χ0v) is 9.86. The van der Waals surface area contributed by atoms with Crippen molar-refractivity contribution in [2.45, 2.75) is 26.2 Å². The monoisotopic (exact) mass is 219 g/mol. The van der Waals surface area contributed by atoms with Gasteiger partial charge in [-0.2, -0.15) is 5.90 Å². The first kappa shape index (κ1) is 12.5. The smallest absolute Gasteiger partial charge is 0.349 e. The van der Waals surface area contributed by atoms with Crippen molar-refractivity contribution in [3.05, 3.63) is 41.5 Å². The summed E-state index contributed by atoms with van der Waals surface area (Å²) in [5.41, 5.74) is 2.34. The second kappa shape index (κ2) is 4.94. The van der Waals surface area contributed by atoms with E-state index >= 15 is 0 Å². The molecular weight excluding hydrogens is 202 g/mol. The van der Waals surface area contributed by atoms with E-state index in [1.54, 1.807) is 6.08 Å². The molecule has 0 saturated carbocycles. The Balaban J connectivity index is 2.80. The van der Waals surface area contributed by atoms with Crippen molar-refractivity contribution in [3.8, 4) is 0 Å². The van der Waals surface area contributed by atoms with Crippen LogP contribution in [0.5, 0.6) is 0 Å². The molecule has 3 nitrogen and oxygen atoms in total. The predicted octanol–water partition coefficient (Wildman–Crippen LogP) is 2.41. The summed E-state index contributed by atoms with van der Waals surface area (Å²) in [7, 11) is 0. The van der Waals surface area contributed by atoms with Gasteiger partial charge in [0.2, 0.25) is 0 Å². The molecular formula is C13H17NO2. The zero-order chi connectivity index (χ0) is 12.2. The SMILES string of the molecule is CC(C)(C)c1ccc(C=CC(=O)ON)cc1. The van der Waals surface area contributed by atoms with Gasteiger partial charge in [0.15, 0.2) is 0 Å². The number of benzene rings is 1. The lowest BCUT2D eigenvalue weighted by Crippen LogP contribution is -2.10. The molecule has 3 heteroatoms. The molecule has 1 rings (SSSR count). The molecule has 0 aromatic heterocycles. The number of rotatable bonds is 2. The van der Waals surface area contributed by atoms with Gasteiger partial charge in [-0.3, -0.25) is 0 Å². The summed E-state index contributed by atoms with van der Waals surface area (Å²) in [4.78, 5) is 14.8.